The smallest absolute Gasteiger partial charge is 0.258 e. The number of benzene rings is 2. The van der Waals surface area contributed by atoms with E-state index in [1.54, 1.807) is 0 Å². The van der Waals surface area contributed by atoms with Crippen molar-refractivity contribution in [3.8, 4) is 0 Å². The summed E-state index contributed by atoms with van der Waals surface area (Å²) >= 11 is 0. The van der Waals surface area contributed by atoms with Crippen LogP contribution in [-0.4, -0.2) is 12.5 Å². The van der Waals surface area contributed by atoms with Crippen molar-refractivity contribution in [2.24, 2.45) is 5.73 Å². The second-order valence-corrected chi connectivity index (χ2v) is 5.79. The number of anilines is 1. The first-order valence-corrected chi connectivity index (χ1v) is 7.31. The Morgan fingerprint density at radius 3 is 2.52 bits per heavy atom. The molecule has 0 fully saturated rings. The van der Waals surface area contributed by atoms with Gasteiger partial charge in [0.15, 0.2) is 0 Å². The van der Waals surface area contributed by atoms with Crippen molar-refractivity contribution < 1.29 is 4.79 Å². The number of nitrogens with two attached hydrogens (primary N) is 1. The van der Waals surface area contributed by atoms with Gasteiger partial charge in [-0.05, 0) is 44.0 Å². The normalized spacial score (nSPS) is 17.5. The summed E-state index contributed by atoms with van der Waals surface area (Å²) in [6.45, 7) is 4.71. The number of fused-ring (bicyclic) bond motifs is 1. The van der Waals surface area contributed by atoms with Crippen LogP contribution in [0.15, 0.2) is 42.5 Å². The Hall–Kier alpha value is -2.13. The highest BCUT2D eigenvalue weighted by Gasteiger charge is 2.27. The van der Waals surface area contributed by atoms with Crippen molar-refractivity contribution in [2.75, 3.05) is 11.4 Å². The molecule has 0 bridgehead atoms. The molecule has 0 spiro atoms. The average molecular weight is 280 g/mol. The summed E-state index contributed by atoms with van der Waals surface area (Å²) in [6.07, 6.45) is 0.799. The largest absolute Gasteiger partial charge is 0.324 e. The maximum absolute atomic E-state index is 12.9. The van der Waals surface area contributed by atoms with Crippen LogP contribution < -0.4 is 10.6 Å². The second kappa shape index (κ2) is 5.34. The Morgan fingerprint density at radius 1 is 1.14 bits per heavy atom. The zero-order valence-corrected chi connectivity index (χ0v) is 12.5. The first-order chi connectivity index (χ1) is 10.1. The molecule has 1 heterocycles. The molecule has 2 aromatic carbocycles. The first kappa shape index (κ1) is 13.8. The number of rotatable bonds is 1. The highest BCUT2D eigenvalue weighted by molar-refractivity contribution is 6.07. The lowest BCUT2D eigenvalue weighted by molar-refractivity contribution is 0.0984. The standard InChI is InChI=1S/C18H20N2O/c1-12-9-13(2)11-14(10-12)18(21)20-8-7-16(19)15-5-3-4-6-17(15)20/h3-6,9-11,16H,7-8,19H2,1-2H3. The van der Waals surface area contributed by atoms with Crippen LogP contribution in [0, 0.1) is 13.8 Å². The lowest BCUT2D eigenvalue weighted by Crippen LogP contribution is -2.38. The molecule has 3 rings (SSSR count). The van der Waals surface area contributed by atoms with E-state index >= 15 is 0 Å². The maximum Gasteiger partial charge on any atom is 0.258 e. The lowest BCUT2D eigenvalue weighted by Gasteiger charge is -2.33. The number of hydrogen-bond acceptors (Lipinski definition) is 2. The van der Waals surface area contributed by atoms with Crippen LogP contribution in [0.2, 0.25) is 0 Å². The SMILES string of the molecule is Cc1cc(C)cc(C(=O)N2CCC(N)c3ccccc32)c1. The predicted octanol–water partition coefficient (Wildman–Crippen LogP) is 3.35. The second-order valence-electron chi connectivity index (χ2n) is 5.79. The molecule has 1 unspecified atom stereocenters. The fourth-order valence-corrected chi connectivity index (χ4v) is 3.06. The van der Waals surface area contributed by atoms with Crippen LogP contribution in [-0.2, 0) is 0 Å². The van der Waals surface area contributed by atoms with Gasteiger partial charge in [0.05, 0.1) is 0 Å². The minimum absolute atomic E-state index is 0.0181. The van der Waals surface area contributed by atoms with Gasteiger partial charge in [0, 0.05) is 23.8 Å². The average Bonchev–Trinajstić information content (AvgIpc) is 2.46. The van der Waals surface area contributed by atoms with Gasteiger partial charge in [0.1, 0.15) is 0 Å². The third-order valence-corrected chi connectivity index (χ3v) is 4.00. The van der Waals surface area contributed by atoms with Crippen LogP contribution in [0.5, 0.6) is 0 Å². The number of amides is 1. The van der Waals surface area contributed by atoms with E-state index in [0.29, 0.717) is 6.54 Å². The minimum Gasteiger partial charge on any atom is -0.324 e. The van der Waals surface area contributed by atoms with Gasteiger partial charge in [-0.2, -0.15) is 0 Å². The van der Waals surface area contributed by atoms with Gasteiger partial charge < -0.3 is 10.6 Å². The molecule has 2 N–H and O–H groups in total. The summed E-state index contributed by atoms with van der Waals surface area (Å²) in [4.78, 5) is 14.7. The fourth-order valence-electron chi connectivity index (χ4n) is 3.06. The van der Waals surface area contributed by atoms with Crippen LogP contribution in [0.25, 0.3) is 0 Å². The Morgan fingerprint density at radius 2 is 1.81 bits per heavy atom. The summed E-state index contributed by atoms with van der Waals surface area (Å²) in [5, 5.41) is 0. The number of hydrogen-bond donors (Lipinski definition) is 1. The molecular weight excluding hydrogens is 260 g/mol. The van der Waals surface area contributed by atoms with Crippen LogP contribution >= 0.6 is 0 Å². The molecule has 108 valence electrons. The van der Waals surface area contributed by atoms with E-state index in [2.05, 4.69) is 6.07 Å². The Labute approximate surface area is 125 Å². The molecule has 1 atom stereocenters. The molecule has 2 aromatic rings. The summed E-state index contributed by atoms with van der Waals surface area (Å²) < 4.78 is 0. The molecule has 0 radical (unpaired) electrons. The van der Waals surface area contributed by atoms with Crippen LogP contribution in [0.3, 0.4) is 0 Å². The van der Waals surface area contributed by atoms with Gasteiger partial charge in [-0.25, -0.2) is 0 Å². The zero-order chi connectivity index (χ0) is 15.0. The highest BCUT2D eigenvalue weighted by atomic mass is 16.2. The van der Waals surface area contributed by atoms with Gasteiger partial charge in [-0.1, -0.05) is 35.4 Å². The molecule has 1 amide bonds. The van der Waals surface area contributed by atoms with E-state index < -0.39 is 0 Å². The molecule has 21 heavy (non-hydrogen) atoms. The highest BCUT2D eigenvalue weighted by Crippen LogP contribution is 2.33. The topological polar surface area (TPSA) is 46.3 Å². The summed E-state index contributed by atoms with van der Waals surface area (Å²) in [6, 6.07) is 13.9. The quantitative estimate of drug-likeness (QED) is 0.870. The summed E-state index contributed by atoms with van der Waals surface area (Å²) in [5.74, 6) is 0.0566. The molecule has 0 aliphatic carbocycles. The number of aryl methyl sites for hydroxylation is 2. The third kappa shape index (κ3) is 2.57. The van der Waals surface area contributed by atoms with Crippen molar-refractivity contribution >= 4 is 11.6 Å². The van der Waals surface area contributed by atoms with Gasteiger partial charge in [0.25, 0.3) is 5.91 Å². The van der Waals surface area contributed by atoms with Crippen LogP contribution in [0.4, 0.5) is 5.69 Å². The Bertz CT molecular complexity index is 673. The molecule has 0 aromatic heterocycles. The van der Waals surface area contributed by atoms with E-state index in [9.17, 15) is 4.79 Å². The number of para-hydroxylation sites is 1. The van der Waals surface area contributed by atoms with Crippen molar-refractivity contribution in [3.63, 3.8) is 0 Å². The predicted molar refractivity (Wildman–Crippen MR) is 85.6 cm³/mol. The van der Waals surface area contributed by atoms with Gasteiger partial charge in [0.2, 0.25) is 0 Å². The van der Waals surface area contributed by atoms with E-state index in [0.717, 1.165) is 34.4 Å². The van der Waals surface area contributed by atoms with Crippen molar-refractivity contribution in [2.45, 2.75) is 26.3 Å². The molecule has 0 saturated carbocycles. The Kier molecular flexibility index (Phi) is 3.52. The minimum atomic E-state index is 0.0181. The van der Waals surface area contributed by atoms with Gasteiger partial charge in [-0.3, -0.25) is 4.79 Å². The maximum atomic E-state index is 12.9. The van der Waals surface area contributed by atoms with Gasteiger partial charge in [-0.15, -0.1) is 0 Å². The van der Waals surface area contributed by atoms with Crippen molar-refractivity contribution in [1.29, 1.82) is 0 Å². The summed E-state index contributed by atoms with van der Waals surface area (Å²) in [7, 11) is 0. The number of carbonyl (C=O) groups excluding carboxylic acids is 1. The Balaban J connectivity index is 2.01. The van der Waals surface area contributed by atoms with E-state index in [1.165, 1.54) is 0 Å². The van der Waals surface area contributed by atoms with Crippen molar-refractivity contribution in [1.82, 2.24) is 0 Å². The molecule has 1 aliphatic rings. The number of carbonyl (C=O) groups is 1. The third-order valence-electron chi connectivity index (χ3n) is 4.00. The molecule has 0 saturated heterocycles. The fraction of sp³-hybridized carbons (Fsp3) is 0.278. The van der Waals surface area contributed by atoms with Crippen LogP contribution in [0.1, 0.15) is 39.5 Å². The first-order valence-electron chi connectivity index (χ1n) is 7.31. The lowest BCUT2D eigenvalue weighted by atomic mass is 9.96. The molecule has 1 aliphatic heterocycles. The molecule has 3 heteroatoms. The monoisotopic (exact) mass is 280 g/mol. The molecule has 3 nitrogen and oxygen atoms in total. The molecular formula is C18H20N2O. The van der Waals surface area contributed by atoms with E-state index in [1.807, 2.05) is 55.1 Å². The van der Waals surface area contributed by atoms with E-state index in [-0.39, 0.29) is 11.9 Å². The summed E-state index contributed by atoms with van der Waals surface area (Å²) in [5.41, 5.74) is 11.1. The number of nitrogens with zero attached hydrogens (tertiary/aromatic N) is 1. The van der Waals surface area contributed by atoms with E-state index in [4.69, 9.17) is 5.73 Å². The van der Waals surface area contributed by atoms with Gasteiger partial charge >= 0.3 is 0 Å². The van der Waals surface area contributed by atoms with Crippen molar-refractivity contribution in [3.05, 3.63) is 64.7 Å². The zero-order valence-electron chi connectivity index (χ0n) is 12.5.